The van der Waals surface area contributed by atoms with Crippen molar-refractivity contribution < 1.29 is 0 Å². The Labute approximate surface area is 136 Å². The minimum Gasteiger partial charge on any atom is -0.313 e. The van der Waals surface area contributed by atoms with Crippen LogP contribution in [-0.2, 0) is 6.54 Å². The van der Waals surface area contributed by atoms with E-state index in [2.05, 4.69) is 50.5 Å². The molecule has 1 aromatic carbocycles. The molecule has 7 heteroatoms. The highest BCUT2D eigenvalue weighted by molar-refractivity contribution is 9.10. The van der Waals surface area contributed by atoms with Crippen molar-refractivity contribution in [1.82, 2.24) is 20.1 Å². The van der Waals surface area contributed by atoms with E-state index in [1.165, 1.54) is 17.3 Å². The van der Waals surface area contributed by atoms with E-state index in [-0.39, 0.29) is 11.7 Å². The Morgan fingerprint density at radius 1 is 1.48 bits per heavy atom. The molecule has 0 aliphatic carbocycles. The smallest absolute Gasteiger partial charge is 0.313 e. The minimum atomic E-state index is -0.171. The topological polar surface area (TPSA) is 62.7 Å². The molecule has 0 saturated carbocycles. The average Bonchev–Trinajstić information content (AvgIpc) is 2.79. The first-order valence-corrected chi connectivity index (χ1v) is 8.47. The number of hydrogen-bond acceptors (Lipinski definition) is 4. The molecule has 0 radical (unpaired) electrons. The summed E-state index contributed by atoms with van der Waals surface area (Å²) in [5, 5.41) is 10.6. The van der Waals surface area contributed by atoms with Gasteiger partial charge in [0.05, 0.1) is 0 Å². The lowest BCUT2D eigenvalue weighted by Gasteiger charge is -2.10. The van der Waals surface area contributed by atoms with Crippen molar-refractivity contribution in [3.63, 3.8) is 0 Å². The quantitative estimate of drug-likeness (QED) is 0.819. The molecule has 1 aromatic heterocycles. The van der Waals surface area contributed by atoms with Gasteiger partial charge >= 0.3 is 5.69 Å². The number of H-pyrrole nitrogens is 1. The van der Waals surface area contributed by atoms with Crippen molar-refractivity contribution in [1.29, 1.82) is 0 Å². The highest BCUT2D eigenvalue weighted by Gasteiger charge is 2.13. The lowest BCUT2D eigenvalue weighted by atomic mass is 10.2. The van der Waals surface area contributed by atoms with Crippen LogP contribution in [0.4, 0.5) is 0 Å². The van der Waals surface area contributed by atoms with Gasteiger partial charge in [0, 0.05) is 22.0 Å². The maximum atomic E-state index is 11.7. The minimum absolute atomic E-state index is 0.0789. The SMILES string of the molecule is CCNCc1ccc(Sc2n[nH]c(=O)n2C(C)C)cc1Br. The summed E-state index contributed by atoms with van der Waals surface area (Å²) in [6, 6.07) is 6.27. The second-order valence-electron chi connectivity index (χ2n) is 4.91. The Morgan fingerprint density at radius 3 is 2.86 bits per heavy atom. The maximum Gasteiger partial charge on any atom is 0.344 e. The molecule has 2 rings (SSSR count). The summed E-state index contributed by atoms with van der Waals surface area (Å²) in [5.74, 6) is 0. The van der Waals surface area contributed by atoms with Crippen LogP contribution in [-0.4, -0.2) is 21.3 Å². The second kappa shape index (κ2) is 7.29. The molecule has 114 valence electrons. The van der Waals surface area contributed by atoms with Crippen LogP contribution in [0.15, 0.2) is 37.5 Å². The molecule has 0 aliphatic rings. The fraction of sp³-hybridized carbons (Fsp3) is 0.429. The standard InChI is InChI=1S/C14H19BrN4OS/c1-4-16-8-10-5-6-11(7-12(10)15)21-14-18-17-13(20)19(14)9(2)3/h5-7,9,16H,4,8H2,1-3H3,(H,17,20). The molecule has 5 nitrogen and oxygen atoms in total. The van der Waals surface area contributed by atoms with Crippen LogP contribution < -0.4 is 11.0 Å². The number of hydrogen-bond donors (Lipinski definition) is 2. The predicted octanol–water partition coefficient (Wildman–Crippen LogP) is 3.18. The Bertz CT molecular complexity index is 665. The van der Waals surface area contributed by atoms with Crippen LogP contribution in [0.3, 0.4) is 0 Å². The lowest BCUT2D eigenvalue weighted by molar-refractivity contribution is 0.534. The van der Waals surface area contributed by atoms with E-state index in [9.17, 15) is 4.79 Å². The number of nitrogens with one attached hydrogen (secondary N) is 2. The van der Waals surface area contributed by atoms with Crippen molar-refractivity contribution >= 4 is 27.7 Å². The normalized spacial score (nSPS) is 11.3. The third kappa shape index (κ3) is 3.99. The van der Waals surface area contributed by atoms with Gasteiger partial charge in [-0.15, -0.1) is 5.10 Å². The molecule has 0 unspecified atom stereocenters. The van der Waals surface area contributed by atoms with Crippen molar-refractivity contribution in [2.24, 2.45) is 0 Å². The molecule has 0 atom stereocenters. The number of aromatic nitrogens is 3. The highest BCUT2D eigenvalue weighted by Crippen LogP contribution is 2.30. The zero-order valence-corrected chi connectivity index (χ0v) is 14.7. The van der Waals surface area contributed by atoms with Gasteiger partial charge in [0.1, 0.15) is 0 Å². The van der Waals surface area contributed by atoms with E-state index in [0.29, 0.717) is 5.16 Å². The first-order chi connectivity index (χ1) is 10.0. The van der Waals surface area contributed by atoms with Crippen molar-refractivity contribution in [3.8, 4) is 0 Å². The fourth-order valence-corrected chi connectivity index (χ4v) is 3.60. The molecular formula is C14H19BrN4OS. The van der Waals surface area contributed by atoms with E-state index in [0.717, 1.165) is 22.5 Å². The number of rotatable bonds is 6. The first-order valence-electron chi connectivity index (χ1n) is 6.86. The van der Waals surface area contributed by atoms with E-state index in [1.54, 1.807) is 4.57 Å². The molecular weight excluding hydrogens is 352 g/mol. The summed E-state index contributed by atoms with van der Waals surface area (Å²) in [7, 11) is 0. The van der Waals surface area contributed by atoms with Crippen LogP contribution in [0.5, 0.6) is 0 Å². The third-order valence-corrected chi connectivity index (χ3v) is 4.69. The van der Waals surface area contributed by atoms with Crippen LogP contribution in [0, 0.1) is 0 Å². The highest BCUT2D eigenvalue weighted by atomic mass is 79.9. The summed E-state index contributed by atoms with van der Waals surface area (Å²) < 4.78 is 2.72. The number of aromatic amines is 1. The maximum absolute atomic E-state index is 11.7. The van der Waals surface area contributed by atoms with E-state index in [1.807, 2.05) is 19.9 Å². The zero-order valence-electron chi connectivity index (χ0n) is 12.3. The van der Waals surface area contributed by atoms with Gasteiger partial charge in [-0.2, -0.15) is 0 Å². The molecule has 0 saturated heterocycles. The van der Waals surface area contributed by atoms with Gasteiger partial charge in [0.15, 0.2) is 5.16 Å². The third-order valence-electron chi connectivity index (χ3n) is 2.99. The molecule has 0 amide bonds. The van der Waals surface area contributed by atoms with Gasteiger partial charge < -0.3 is 5.32 Å². The number of nitrogens with zero attached hydrogens (tertiary/aromatic N) is 2. The lowest BCUT2D eigenvalue weighted by Crippen LogP contribution is -2.19. The van der Waals surface area contributed by atoms with Gasteiger partial charge in [0.2, 0.25) is 0 Å². The van der Waals surface area contributed by atoms with Crippen LogP contribution in [0.1, 0.15) is 32.4 Å². The van der Waals surface area contributed by atoms with Crippen LogP contribution in [0.2, 0.25) is 0 Å². The summed E-state index contributed by atoms with van der Waals surface area (Å²) in [5.41, 5.74) is 1.04. The van der Waals surface area contributed by atoms with Gasteiger partial charge in [-0.3, -0.25) is 4.57 Å². The molecule has 0 fully saturated rings. The molecule has 2 aromatic rings. The molecule has 21 heavy (non-hydrogen) atoms. The monoisotopic (exact) mass is 370 g/mol. The summed E-state index contributed by atoms with van der Waals surface area (Å²) in [6.07, 6.45) is 0. The second-order valence-corrected chi connectivity index (χ2v) is 6.81. The van der Waals surface area contributed by atoms with Gasteiger partial charge in [-0.1, -0.05) is 28.9 Å². The molecule has 0 spiro atoms. The van der Waals surface area contributed by atoms with Crippen molar-refractivity contribution in [2.75, 3.05) is 6.54 Å². The van der Waals surface area contributed by atoms with Gasteiger partial charge in [0.25, 0.3) is 0 Å². The number of benzene rings is 1. The fourth-order valence-electron chi connectivity index (χ4n) is 1.92. The summed E-state index contributed by atoms with van der Waals surface area (Å²) >= 11 is 5.07. The predicted molar refractivity (Wildman–Crippen MR) is 88.9 cm³/mol. The van der Waals surface area contributed by atoms with E-state index in [4.69, 9.17) is 0 Å². The largest absolute Gasteiger partial charge is 0.344 e. The molecule has 1 heterocycles. The Kier molecular flexibility index (Phi) is 5.66. The van der Waals surface area contributed by atoms with Gasteiger partial charge in [-0.25, -0.2) is 9.89 Å². The molecule has 0 aliphatic heterocycles. The summed E-state index contributed by atoms with van der Waals surface area (Å²) in [6.45, 7) is 7.80. The first kappa shape index (κ1) is 16.3. The number of halogens is 1. The zero-order chi connectivity index (χ0) is 15.4. The van der Waals surface area contributed by atoms with Crippen molar-refractivity contribution in [2.45, 2.75) is 43.4 Å². The van der Waals surface area contributed by atoms with E-state index < -0.39 is 0 Å². The van der Waals surface area contributed by atoms with Crippen LogP contribution >= 0.6 is 27.7 Å². The molecule has 0 bridgehead atoms. The van der Waals surface area contributed by atoms with Crippen LogP contribution in [0.25, 0.3) is 0 Å². The van der Waals surface area contributed by atoms with E-state index >= 15 is 0 Å². The van der Waals surface area contributed by atoms with Crippen molar-refractivity contribution in [3.05, 3.63) is 38.7 Å². The Morgan fingerprint density at radius 2 is 2.24 bits per heavy atom. The Balaban J connectivity index is 2.21. The average molecular weight is 371 g/mol. The van der Waals surface area contributed by atoms with Gasteiger partial charge in [-0.05, 0) is 49.9 Å². The summed E-state index contributed by atoms with van der Waals surface area (Å²) in [4.78, 5) is 12.8. The molecule has 2 N–H and O–H groups in total. The Hall–Kier alpha value is -1.05.